The van der Waals surface area contributed by atoms with Crippen LogP contribution in [0, 0.1) is 5.92 Å². The number of rotatable bonds is 10. The molecule has 2 aromatic rings. The van der Waals surface area contributed by atoms with E-state index in [0.29, 0.717) is 5.92 Å². The van der Waals surface area contributed by atoms with Crippen LogP contribution < -0.4 is 10.6 Å². The summed E-state index contributed by atoms with van der Waals surface area (Å²) in [5.41, 5.74) is 1.34. The van der Waals surface area contributed by atoms with E-state index in [-0.39, 0.29) is 0 Å². The van der Waals surface area contributed by atoms with Crippen LogP contribution in [0.4, 0.5) is 0 Å². The fourth-order valence-corrected chi connectivity index (χ4v) is 3.58. The Morgan fingerprint density at radius 3 is 2.76 bits per heavy atom. The van der Waals surface area contributed by atoms with Crippen LogP contribution in [0.2, 0.25) is 0 Å². The SMILES string of the molecule is CCNC(=NCCCOCC1CCOCC1)NCCc1ccc2ccccc2c1. The van der Waals surface area contributed by atoms with Gasteiger partial charge in [0.05, 0.1) is 0 Å². The predicted octanol–water partition coefficient (Wildman–Crippen LogP) is 3.77. The van der Waals surface area contributed by atoms with E-state index in [2.05, 4.69) is 65.0 Å². The molecule has 0 aliphatic carbocycles. The molecule has 1 saturated heterocycles. The van der Waals surface area contributed by atoms with E-state index >= 15 is 0 Å². The normalized spacial score (nSPS) is 15.6. The van der Waals surface area contributed by atoms with Crippen molar-refractivity contribution >= 4 is 16.7 Å². The van der Waals surface area contributed by atoms with Gasteiger partial charge < -0.3 is 20.1 Å². The van der Waals surface area contributed by atoms with E-state index in [1.54, 1.807) is 0 Å². The first-order valence-electron chi connectivity index (χ1n) is 11.0. The molecule has 0 amide bonds. The van der Waals surface area contributed by atoms with Crippen LogP contribution in [0.1, 0.15) is 31.7 Å². The number of guanidine groups is 1. The van der Waals surface area contributed by atoms with Crippen molar-refractivity contribution in [3.63, 3.8) is 0 Å². The second-order valence-electron chi connectivity index (χ2n) is 7.60. The first kappa shape index (κ1) is 21.6. The van der Waals surface area contributed by atoms with Crippen LogP contribution in [0.15, 0.2) is 47.5 Å². The van der Waals surface area contributed by atoms with Gasteiger partial charge in [-0.2, -0.15) is 0 Å². The first-order chi connectivity index (χ1) is 14.3. The van der Waals surface area contributed by atoms with Crippen molar-refractivity contribution < 1.29 is 9.47 Å². The number of fused-ring (bicyclic) bond motifs is 1. The number of aliphatic imine (C=N–C) groups is 1. The zero-order chi connectivity index (χ0) is 20.2. The molecule has 0 aromatic heterocycles. The summed E-state index contributed by atoms with van der Waals surface area (Å²) >= 11 is 0. The molecule has 0 saturated carbocycles. The van der Waals surface area contributed by atoms with Gasteiger partial charge in [-0.1, -0.05) is 42.5 Å². The highest BCUT2D eigenvalue weighted by molar-refractivity contribution is 5.83. The van der Waals surface area contributed by atoms with Crippen molar-refractivity contribution in [2.45, 2.75) is 32.6 Å². The van der Waals surface area contributed by atoms with Gasteiger partial charge in [0.2, 0.25) is 0 Å². The first-order valence-corrected chi connectivity index (χ1v) is 11.0. The molecule has 5 heteroatoms. The molecule has 0 radical (unpaired) electrons. The zero-order valence-corrected chi connectivity index (χ0v) is 17.7. The largest absolute Gasteiger partial charge is 0.381 e. The predicted molar refractivity (Wildman–Crippen MR) is 121 cm³/mol. The number of benzene rings is 2. The van der Waals surface area contributed by atoms with E-state index < -0.39 is 0 Å². The van der Waals surface area contributed by atoms with Gasteiger partial charge >= 0.3 is 0 Å². The van der Waals surface area contributed by atoms with Gasteiger partial charge in [-0.15, -0.1) is 0 Å². The lowest BCUT2D eigenvalue weighted by atomic mass is 10.0. The molecule has 3 rings (SSSR count). The number of hydrogen-bond donors (Lipinski definition) is 2. The fraction of sp³-hybridized carbons (Fsp3) is 0.542. The smallest absolute Gasteiger partial charge is 0.191 e. The highest BCUT2D eigenvalue weighted by Gasteiger charge is 2.13. The second-order valence-corrected chi connectivity index (χ2v) is 7.60. The Kier molecular flexibility index (Phi) is 9.27. The number of nitrogens with zero attached hydrogens (tertiary/aromatic N) is 1. The maximum Gasteiger partial charge on any atom is 0.191 e. The second kappa shape index (κ2) is 12.5. The lowest BCUT2D eigenvalue weighted by Crippen LogP contribution is -2.38. The van der Waals surface area contributed by atoms with Gasteiger partial charge in [-0.05, 0) is 54.9 Å². The zero-order valence-electron chi connectivity index (χ0n) is 17.7. The van der Waals surface area contributed by atoms with Gasteiger partial charge in [-0.3, -0.25) is 4.99 Å². The van der Waals surface area contributed by atoms with Crippen LogP contribution in [0.3, 0.4) is 0 Å². The average Bonchev–Trinajstić information content (AvgIpc) is 2.76. The van der Waals surface area contributed by atoms with E-state index in [1.165, 1.54) is 16.3 Å². The van der Waals surface area contributed by atoms with E-state index in [1.807, 2.05) is 0 Å². The van der Waals surface area contributed by atoms with Gasteiger partial charge in [0.1, 0.15) is 0 Å². The molecule has 0 spiro atoms. The number of hydrogen-bond acceptors (Lipinski definition) is 3. The Balaban J connectivity index is 1.34. The molecule has 0 unspecified atom stereocenters. The maximum atomic E-state index is 5.82. The quantitative estimate of drug-likeness (QED) is 0.364. The topological polar surface area (TPSA) is 54.9 Å². The third-order valence-corrected chi connectivity index (χ3v) is 5.28. The number of ether oxygens (including phenoxy) is 2. The van der Waals surface area contributed by atoms with E-state index in [0.717, 1.165) is 77.7 Å². The minimum Gasteiger partial charge on any atom is -0.381 e. The highest BCUT2D eigenvalue weighted by Crippen LogP contribution is 2.16. The van der Waals surface area contributed by atoms with Gasteiger partial charge in [0, 0.05) is 46.1 Å². The van der Waals surface area contributed by atoms with Crippen LogP contribution >= 0.6 is 0 Å². The van der Waals surface area contributed by atoms with Crippen molar-refractivity contribution in [2.24, 2.45) is 10.9 Å². The summed E-state index contributed by atoms with van der Waals surface area (Å²) in [6.07, 6.45) is 4.18. The van der Waals surface area contributed by atoms with Crippen molar-refractivity contribution in [2.75, 3.05) is 46.1 Å². The van der Waals surface area contributed by atoms with Crippen molar-refractivity contribution in [3.8, 4) is 0 Å². The Labute approximate surface area is 174 Å². The van der Waals surface area contributed by atoms with Crippen molar-refractivity contribution in [1.82, 2.24) is 10.6 Å². The third kappa shape index (κ3) is 7.67. The fourth-order valence-electron chi connectivity index (χ4n) is 3.58. The van der Waals surface area contributed by atoms with Gasteiger partial charge in [-0.25, -0.2) is 0 Å². The minimum atomic E-state index is 0.668. The average molecular weight is 398 g/mol. The Morgan fingerprint density at radius 2 is 1.93 bits per heavy atom. The van der Waals surface area contributed by atoms with Crippen LogP contribution in [-0.4, -0.2) is 52.0 Å². The molecule has 2 aromatic carbocycles. The molecule has 0 atom stereocenters. The lowest BCUT2D eigenvalue weighted by Gasteiger charge is -2.21. The van der Waals surface area contributed by atoms with E-state index in [9.17, 15) is 0 Å². The number of nitrogens with one attached hydrogen (secondary N) is 2. The van der Waals surface area contributed by atoms with Crippen LogP contribution in [0.5, 0.6) is 0 Å². The minimum absolute atomic E-state index is 0.668. The molecular formula is C24H35N3O2. The molecule has 5 nitrogen and oxygen atoms in total. The molecule has 0 bridgehead atoms. The molecule has 2 N–H and O–H groups in total. The summed E-state index contributed by atoms with van der Waals surface area (Å²) in [4.78, 5) is 4.67. The summed E-state index contributed by atoms with van der Waals surface area (Å²) in [5.74, 6) is 1.55. The van der Waals surface area contributed by atoms with Crippen LogP contribution in [0.25, 0.3) is 10.8 Å². The summed E-state index contributed by atoms with van der Waals surface area (Å²) in [6.45, 7) is 8.00. The molecule has 29 heavy (non-hydrogen) atoms. The van der Waals surface area contributed by atoms with Gasteiger partial charge in [0.15, 0.2) is 5.96 Å². The van der Waals surface area contributed by atoms with Gasteiger partial charge in [0.25, 0.3) is 0 Å². The third-order valence-electron chi connectivity index (χ3n) is 5.28. The lowest BCUT2D eigenvalue weighted by molar-refractivity contribution is 0.0205. The highest BCUT2D eigenvalue weighted by atomic mass is 16.5. The summed E-state index contributed by atoms with van der Waals surface area (Å²) < 4.78 is 11.2. The Bertz CT molecular complexity index is 757. The monoisotopic (exact) mass is 397 g/mol. The van der Waals surface area contributed by atoms with Crippen molar-refractivity contribution in [3.05, 3.63) is 48.0 Å². The van der Waals surface area contributed by atoms with Crippen molar-refractivity contribution in [1.29, 1.82) is 0 Å². The molecule has 158 valence electrons. The summed E-state index contributed by atoms with van der Waals surface area (Å²) in [5, 5.41) is 9.36. The molecule has 1 aliphatic rings. The molecular weight excluding hydrogens is 362 g/mol. The van der Waals surface area contributed by atoms with E-state index in [4.69, 9.17) is 9.47 Å². The molecule has 1 heterocycles. The molecule has 1 aliphatic heterocycles. The summed E-state index contributed by atoms with van der Waals surface area (Å²) in [7, 11) is 0. The maximum absolute atomic E-state index is 5.82. The standard InChI is InChI=1S/C24H35N3O2/c1-2-25-24(26-13-5-15-29-19-21-11-16-28-17-12-21)27-14-10-20-8-9-22-6-3-4-7-23(22)18-20/h3-4,6-9,18,21H,2,5,10-17,19H2,1H3,(H2,25,26,27). The molecule has 1 fully saturated rings. The Hall–Kier alpha value is -2.11. The summed E-state index contributed by atoms with van der Waals surface area (Å²) in [6, 6.07) is 15.2. The van der Waals surface area contributed by atoms with Crippen LogP contribution in [-0.2, 0) is 15.9 Å². The Morgan fingerprint density at radius 1 is 1.10 bits per heavy atom.